The molecule has 26 heavy (non-hydrogen) atoms. The number of likely N-dealkylation sites (tertiary alicyclic amines) is 1. The Labute approximate surface area is 155 Å². The lowest BCUT2D eigenvalue weighted by molar-refractivity contribution is -0.140. The first-order valence-electron chi connectivity index (χ1n) is 9.78. The molecule has 1 unspecified atom stereocenters. The first kappa shape index (κ1) is 19.6. The van der Waals surface area contributed by atoms with Crippen molar-refractivity contribution < 1.29 is 23.1 Å². The van der Waals surface area contributed by atoms with E-state index in [0.717, 1.165) is 25.7 Å². The number of hydrogen-bond donors (Lipinski definition) is 1. The summed E-state index contributed by atoms with van der Waals surface area (Å²) in [6.07, 6.45) is 5.01. The van der Waals surface area contributed by atoms with E-state index in [0.29, 0.717) is 45.4 Å². The Morgan fingerprint density at radius 1 is 1.12 bits per heavy atom. The van der Waals surface area contributed by atoms with E-state index in [1.54, 1.807) is 4.31 Å². The average Bonchev–Trinajstić information content (AvgIpc) is 3.34. The van der Waals surface area contributed by atoms with Crippen molar-refractivity contribution in [1.82, 2.24) is 9.21 Å². The van der Waals surface area contributed by atoms with E-state index < -0.39 is 16.0 Å². The van der Waals surface area contributed by atoms with Crippen LogP contribution in [-0.4, -0.2) is 66.5 Å². The van der Waals surface area contributed by atoms with Crippen LogP contribution >= 0.6 is 0 Å². The predicted molar refractivity (Wildman–Crippen MR) is 97.0 cm³/mol. The molecule has 1 spiro atoms. The van der Waals surface area contributed by atoms with Crippen molar-refractivity contribution in [2.45, 2.75) is 51.9 Å². The molecule has 1 aliphatic carbocycles. The lowest BCUT2D eigenvalue weighted by Crippen LogP contribution is -2.47. The van der Waals surface area contributed by atoms with Gasteiger partial charge in [-0.25, -0.2) is 12.7 Å². The van der Waals surface area contributed by atoms with E-state index in [4.69, 9.17) is 5.11 Å². The van der Waals surface area contributed by atoms with Gasteiger partial charge in [0.05, 0.1) is 11.7 Å². The van der Waals surface area contributed by atoms with Gasteiger partial charge in [-0.05, 0) is 43.9 Å². The number of nitrogens with zero attached hydrogens (tertiary/aromatic N) is 2. The Morgan fingerprint density at radius 2 is 1.73 bits per heavy atom. The van der Waals surface area contributed by atoms with Crippen LogP contribution in [0.3, 0.4) is 0 Å². The first-order valence-corrected chi connectivity index (χ1v) is 11.4. The first-order chi connectivity index (χ1) is 12.3. The van der Waals surface area contributed by atoms with E-state index in [1.165, 1.54) is 0 Å². The molecule has 0 radical (unpaired) electrons. The zero-order valence-electron chi connectivity index (χ0n) is 15.5. The smallest absolute Gasteiger partial charge is 0.307 e. The zero-order chi connectivity index (χ0) is 18.9. The van der Waals surface area contributed by atoms with Gasteiger partial charge < -0.3 is 10.0 Å². The second-order valence-electron chi connectivity index (χ2n) is 8.13. The molecule has 1 amide bonds. The molecule has 7 nitrogen and oxygen atoms in total. The van der Waals surface area contributed by atoms with E-state index in [2.05, 4.69) is 0 Å². The molecule has 8 heteroatoms. The summed E-state index contributed by atoms with van der Waals surface area (Å²) < 4.78 is 26.1. The van der Waals surface area contributed by atoms with Gasteiger partial charge in [-0.1, -0.05) is 13.3 Å². The Bertz CT molecular complexity index is 646. The minimum absolute atomic E-state index is 0.0701. The topological polar surface area (TPSA) is 95.0 Å². The van der Waals surface area contributed by atoms with Crippen LogP contribution in [0.2, 0.25) is 0 Å². The van der Waals surface area contributed by atoms with Gasteiger partial charge in [-0.15, -0.1) is 0 Å². The molecule has 3 rings (SSSR count). The molecule has 0 bridgehead atoms. The van der Waals surface area contributed by atoms with Crippen LogP contribution in [-0.2, 0) is 19.6 Å². The van der Waals surface area contributed by atoms with E-state index in [1.807, 2.05) is 11.8 Å². The highest BCUT2D eigenvalue weighted by Crippen LogP contribution is 2.59. The van der Waals surface area contributed by atoms with Gasteiger partial charge in [-0.3, -0.25) is 9.59 Å². The predicted octanol–water partition coefficient (Wildman–Crippen LogP) is 1.54. The summed E-state index contributed by atoms with van der Waals surface area (Å²) in [5.74, 6) is -0.715. The molecule has 3 aliphatic rings. The fraction of sp³-hybridized carbons (Fsp3) is 0.889. The molecule has 2 aliphatic heterocycles. The fourth-order valence-electron chi connectivity index (χ4n) is 4.52. The number of hydrogen-bond acceptors (Lipinski definition) is 4. The normalized spacial score (nSPS) is 26.8. The number of unbranched alkanes of at least 4 members (excludes halogenated alkanes) is 1. The van der Waals surface area contributed by atoms with Gasteiger partial charge in [0.25, 0.3) is 0 Å². The van der Waals surface area contributed by atoms with E-state index >= 15 is 0 Å². The molecule has 2 saturated heterocycles. The summed E-state index contributed by atoms with van der Waals surface area (Å²) >= 11 is 0. The molecule has 1 saturated carbocycles. The number of carboxylic acids is 1. The number of sulfonamides is 1. The largest absolute Gasteiger partial charge is 0.481 e. The summed E-state index contributed by atoms with van der Waals surface area (Å²) in [5.41, 5.74) is -0.0701. The molecule has 0 aromatic rings. The Balaban J connectivity index is 1.47. The summed E-state index contributed by atoms with van der Waals surface area (Å²) in [5, 5.41) is 9.16. The lowest BCUT2D eigenvalue weighted by atomic mass is 9.89. The average molecular weight is 387 g/mol. The van der Waals surface area contributed by atoms with E-state index in [9.17, 15) is 18.0 Å². The molecular weight excluding hydrogens is 356 g/mol. The maximum Gasteiger partial charge on any atom is 0.307 e. The third-order valence-electron chi connectivity index (χ3n) is 6.51. The molecule has 3 fully saturated rings. The number of aliphatic carboxylic acids is 1. The van der Waals surface area contributed by atoms with Gasteiger partial charge in [0.2, 0.25) is 15.9 Å². The molecule has 1 N–H and O–H groups in total. The van der Waals surface area contributed by atoms with Crippen molar-refractivity contribution in [3.8, 4) is 0 Å². The molecule has 1 atom stereocenters. The monoisotopic (exact) mass is 386 g/mol. The second-order valence-corrected chi connectivity index (χ2v) is 10.2. The summed E-state index contributed by atoms with van der Waals surface area (Å²) in [7, 11) is -3.19. The van der Waals surface area contributed by atoms with Crippen LogP contribution in [0.1, 0.15) is 51.9 Å². The number of carbonyl (C=O) groups is 2. The van der Waals surface area contributed by atoms with Crippen molar-refractivity contribution >= 4 is 21.9 Å². The van der Waals surface area contributed by atoms with Crippen molar-refractivity contribution in [2.24, 2.45) is 17.3 Å². The van der Waals surface area contributed by atoms with Crippen LogP contribution in [0.15, 0.2) is 0 Å². The molecule has 0 aromatic carbocycles. The molecule has 148 valence electrons. The Hall–Kier alpha value is -1.15. The number of amides is 1. The van der Waals surface area contributed by atoms with Crippen molar-refractivity contribution in [3.63, 3.8) is 0 Å². The summed E-state index contributed by atoms with van der Waals surface area (Å²) in [4.78, 5) is 25.8. The van der Waals surface area contributed by atoms with Crippen molar-refractivity contribution in [3.05, 3.63) is 0 Å². The Kier molecular flexibility index (Phi) is 5.63. The van der Waals surface area contributed by atoms with Crippen LogP contribution < -0.4 is 0 Å². The van der Waals surface area contributed by atoms with Crippen molar-refractivity contribution in [2.75, 3.05) is 31.9 Å². The summed E-state index contributed by atoms with van der Waals surface area (Å²) in [6, 6.07) is 0. The molecule has 0 aromatic heterocycles. The zero-order valence-corrected chi connectivity index (χ0v) is 16.3. The number of rotatable bonds is 6. The molecular formula is C18H30N2O5S. The standard InChI is InChI=1S/C18H30N2O5S/c1-2-3-12-26(24,25)20-8-4-14(5-9-20)16(21)19-10-6-18(7-11-19)13-15(18)17(22)23/h14-15H,2-13H2,1H3,(H,22,23). The van der Waals surface area contributed by atoms with Gasteiger partial charge in [0.15, 0.2) is 0 Å². The minimum Gasteiger partial charge on any atom is -0.481 e. The van der Waals surface area contributed by atoms with Crippen molar-refractivity contribution in [1.29, 1.82) is 0 Å². The third-order valence-corrected chi connectivity index (χ3v) is 8.47. The minimum atomic E-state index is -3.19. The Morgan fingerprint density at radius 3 is 2.23 bits per heavy atom. The van der Waals surface area contributed by atoms with Gasteiger partial charge >= 0.3 is 5.97 Å². The highest BCUT2D eigenvalue weighted by Gasteiger charge is 2.59. The van der Waals surface area contributed by atoms with Gasteiger partial charge in [-0.2, -0.15) is 0 Å². The van der Waals surface area contributed by atoms with E-state index in [-0.39, 0.29) is 28.9 Å². The van der Waals surface area contributed by atoms with Gasteiger partial charge in [0, 0.05) is 32.1 Å². The maximum atomic E-state index is 12.8. The summed E-state index contributed by atoms with van der Waals surface area (Å²) in [6.45, 7) is 4.11. The molecule has 2 heterocycles. The third kappa shape index (κ3) is 3.91. The van der Waals surface area contributed by atoms with Crippen LogP contribution in [0, 0.1) is 17.3 Å². The highest BCUT2D eigenvalue weighted by atomic mass is 32.2. The quantitative estimate of drug-likeness (QED) is 0.747. The number of piperidine rings is 2. The fourth-order valence-corrected chi connectivity index (χ4v) is 6.20. The van der Waals surface area contributed by atoms with Crippen LogP contribution in [0.4, 0.5) is 0 Å². The highest BCUT2D eigenvalue weighted by molar-refractivity contribution is 7.89. The van der Waals surface area contributed by atoms with Gasteiger partial charge in [0.1, 0.15) is 0 Å². The second kappa shape index (κ2) is 7.46. The van der Waals surface area contributed by atoms with Crippen LogP contribution in [0.5, 0.6) is 0 Å². The number of carboxylic acid groups (broad SMARTS) is 1. The SMILES string of the molecule is CCCCS(=O)(=O)N1CCC(C(=O)N2CCC3(CC2)CC3C(=O)O)CC1. The lowest BCUT2D eigenvalue weighted by Gasteiger charge is -2.37. The maximum absolute atomic E-state index is 12.8. The number of carbonyl (C=O) groups excluding carboxylic acids is 1. The van der Waals surface area contributed by atoms with Crippen LogP contribution in [0.25, 0.3) is 0 Å².